The van der Waals surface area contributed by atoms with Gasteiger partial charge in [-0.1, -0.05) is 60.7 Å². The van der Waals surface area contributed by atoms with Gasteiger partial charge in [-0.25, -0.2) is 0 Å². The molecule has 1 amide bonds. The van der Waals surface area contributed by atoms with E-state index in [0.717, 1.165) is 51.6 Å². The molecule has 1 heterocycles. The van der Waals surface area contributed by atoms with Gasteiger partial charge in [0.05, 0.1) is 11.7 Å². The predicted molar refractivity (Wildman–Crippen MR) is 152 cm³/mol. The first-order valence-electron chi connectivity index (χ1n) is 14.3. The normalized spacial score (nSPS) is 20.4. The number of carbonyl (C=O) groups excluding carboxylic acids is 1. The lowest BCUT2D eigenvalue weighted by Gasteiger charge is -2.33. The summed E-state index contributed by atoms with van der Waals surface area (Å²) in [5.41, 5.74) is 3.87. The molecule has 4 nitrogen and oxygen atoms in total. The van der Waals surface area contributed by atoms with Crippen LogP contribution < -0.4 is 5.32 Å². The molecule has 5 rings (SSSR count). The molecule has 1 saturated heterocycles. The molecule has 1 aliphatic carbocycles. The van der Waals surface area contributed by atoms with E-state index in [4.69, 9.17) is 4.74 Å². The van der Waals surface area contributed by atoms with Crippen molar-refractivity contribution in [3.63, 3.8) is 0 Å². The molecule has 1 aliphatic heterocycles. The van der Waals surface area contributed by atoms with E-state index < -0.39 is 11.7 Å². The summed E-state index contributed by atoms with van der Waals surface area (Å²) in [5.74, 6) is 0.496. The Kier molecular flexibility index (Phi) is 8.79. The fourth-order valence-electron chi connectivity index (χ4n) is 5.95. The number of alkyl halides is 3. The number of amides is 1. The van der Waals surface area contributed by atoms with Gasteiger partial charge in [-0.05, 0) is 85.8 Å². The highest BCUT2D eigenvalue weighted by Gasteiger charge is 2.33. The van der Waals surface area contributed by atoms with Crippen LogP contribution in [-0.4, -0.2) is 42.6 Å². The van der Waals surface area contributed by atoms with Crippen molar-refractivity contribution in [1.82, 2.24) is 4.90 Å². The van der Waals surface area contributed by atoms with Crippen molar-refractivity contribution in [2.75, 3.05) is 25.0 Å². The van der Waals surface area contributed by atoms with E-state index in [2.05, 4.69) is 41.7 Å². The van der Waals surface area contributed by atoms with Gasteiger partial charge in [0, 0.05) is 24.8 Å². The van der Waals surface area contributed by atoms with Crippen molar-refractivity contribution in [2.24, 2.45) is 0 Å². The minimum atomic E-state index is -4.36. The maximum Gasteiger partial charge on any atom is 0.416 e. The number of anilines is 1. The lowest BCUT2D eigenvalue weighted by molar-refractivity contribution is -0.140. The van der Waals surface area contributed by atoms with Gasteiger partial charge in [-0.2, -0.15) is 13.2 Å². The number of hydrogen-bond acceptors (Lipinski definition) is 3. The molecule has 40 heavy (non-hydrogen) atoms. The van der Waals surface area contributed by atoms with Crippen molar-refractivity contribution < 1.29 is 22.7 Å². The standard InChI is InChI=1S/C33H37F3N2O2/c1-23-7-12-29(21-31(23)33(34,35)36)37-28-13-15-30(16-14-28)40-22-32(39)38-19-17-27(18-20-38)26-10-8-25(9-11-26)24-5-3-2-4-6-24/h2-12,21,27-28,30,37H,13-20,22H2,1H3. The number of nitrogens with zero attached hydrogens (tertiary/aromatic N) is 1. The SMILES string of the molecule is Cc1ccc(NC2CCC(OCC(=O)N3CCC(c4ccc(-c5ccccc5)cc4)CC3)CC2)cc1C(F)(F)F. The van der Waals surface area contributed by atoms with Crippen LogP contribution in [0.15, 0.2) is 72.8 Å². The lowest BCUT2D eigenvalue weighted by Crippen LogP contribution is -2.41. The summed E-state index contributed by atoms with van der Waals surface area (Å²) < 4.78 is 45.7. The average Bonchev–Trinajstić information content (AvgIpc) is 2.98. The number of hydrogen-bond donors (Lipinski definition) is 1. The first-order chi connectivity index (χ1) is 19.3. The molecule has 0 bridgehead atoms. The van der Waals surface area contributed by atoms with E-state index in [-0.39, 0.29) is 30.2 Å². The fourth-order valence-corrected chi connectivity index (χ4v) is 5.95. The number of likely N-dealkylation sites (tertiary alicyclic amines) is 1. The van der Waals surface area contributed by atoms with Crippen molar-refractivity contribution >= 4 is 11.6 Å². The Labute approximate surface area is 234 Å². The average molecular weight is 551 g/mol. The van der Waals surface area contributed by atoms with E-state index in [0.29, 0.717) is 11.6 Å². The molecule has 7 heteroatoms. The first kappa shape index (κ1) is 28.2. The van der Waals surface area contributed by atoms with Gasteiger partial charge in [-0.3, -0.25) is 4.79 Å². The van der Waals surface area contributed by atoms with Crippen molar-refractivity contribution in [3.8, 4) is 11.1 Å². The van der Waals surface area contributed by atoms with E-state index in [1.807, 2.05) is 23.1 Å². The highest BCUT2D eigenvalue weighted by molar-refractivity contribution is 5.77. The lowest BCUT2D eigenvalue weighted by atomic mass is 9.88. The number of carbonyl (C=O) groups is 1. The maximum atomic E-state index is 13.2. The molecule has 0 atom stereocenters. The molecule has 0 radical (unpaired) electrons. The van der Waals surface area contributed by atoms with E-state index in [1.54, 1.807) is 6.07 Å². The fraction of sp³-hybridized carbons (Fsp3) is 0.424. The van der Waals surface area contributed by atoms with Crippen LogP contribution in [0.5, 0.6) is 0 Å². The van der Waals surface area contributed by atoms with Gasteiger partial charge in [0.2, 0.25) is 5.91 Å². The third-order valence-corrected chi connectivity index (χ3v) is 8.37. The van der Waals surface area contributed by atoms with Gasteiger partial charge < -0.3 is 15.0 Å². The minimum Gasteiger partial charge on any atom is -0.382 e. The molecule has 1 saturated carbocycles. The number of halogens is 3. The summed E-state index contributed by atoms with van der Waals surface area (Å²) in [4.78, 5) is 14.7. The number of rotatable bonds is 7. The number of piperidine rings is 1. The van der Waals surface area contributed by atoms with Crippen LogP contribution in [0.2, 0.25) is 0 Å². The van der Waals surface area contributed by atoms with Crippen LogP contribution in [0.3, 0.4) is 0 Å². The first-order valence-corrected chi connectivity index (χ1v) is 14.3. The van der Waals surface area contributed by atoms with Crippen molar-refractivity contribution in [1.29, 1.82) is 0 Å². The predicted octanol–water partition coefficient (Wildman–Crippen LogP) is 7.83. The monoisotopic (exact) mass is 550 g/mol. The minimum absolute atomic E-state index is 0.00595. The molecule has 212 valence electrons. The Hall–Kier alpha value is -3.32. The van der Waals surface area contributed by atoms with Crippen LogP contribution in [-0.2, 0) is 15.7 Å². The third kappa shape index (κ3) is 7.05. The molecule has 0 unspecified atom stereocenters. The van der Waals surface area contributed by atoms with E-state index >= 15 is 0 Å². The summed E-state index contributed by atoms with van der Waals surface area (Å²) in [6, 6.07) is 23.6. The molecular formula is C33H37F3N2O2. The van der Waals surface area contributed by atoms with Gasteiger partial charge in [-0.15, -0.1) is 0 Å². The topological polar surface area (TPSA) is 41.6 Å². The highest BCUT2D eigenvalue weighted by Crippen LogP contribution is 2.34. The summed E-state index contributed by atoms with van der Waals surface area (Å²) in [6.45, 7) is 3.04. The second-order valence-corrected chi connectivity index (χ2v) is 11.1. The number of benzene rings is 3. The Balaban J connectivity index is 1.03. The van der Waals surface area contributed by atoms with E-state index in [9.17, 15) is 18.0 Å². The smallest absolute Gasteiger partial charge is 0.382 e. The molecule has 0 spiro atoms. The Morgan fingerprint density at radius 3 is 2.17 bits per heavy atom. The van der Waals surface area contributed by atoms with Crippen LogP contribution >= 0.6 is 0 Å². The zero-order valence-corrected chi connectivity index (χ0v) is 22.9. The molecule has 2 fully saturated rings. The van der Waals surface area contributed by atoms with Crippen LogP contribution in [0.1, 0.15) is 61.1 Å². The van der Waals surface area contributed by atoms with E-state index in [1.165, 1.54) is 35.7 Å². The Morgan fingerprint density at radius 1 is 0.875 bits per heavy atom. The highest BCUT2D eigenvalue weighted by atomic mass is 19.4. The largest absolute Gasteiger partial charge is 0.416 e. The van der Waals surface area contributed by atoms with Crippen molar-refractivity contribution in [3.05, 3.63) is 89.5 Å². The number of ether oxygens (including phenoxy) is 1. The zero-order valence-electron chi connectivity index (χ0n) is 22.9. The molecule has 3 aromatic rings. The Morgan fingerprint density at radius 2 is 1.52 bits per heavy atom. The molecule has 3 aromatic carbocycles. The molecular weight excluding hydrogens is 513 g/mol. The summed E-state index contributed by atoms with van der Waals surface area (Å²) in [7, 11) is 0. The molecule has 2 aliphatic rings. The quantitative estimate of drug-likeness (QED) is 0.326. The maximum absolute atomic E-state index is 13.2. The van der Waals surface area contributed by atoms with Crippen molar-refractivity contribution in [2.45, 2.75) is 69.7 Å². The molecule has 1 N–H and O–H groups in total. The summed E-state index contributed by atoms with van der Waals surface area (Å²) in [5, 5.41) is 3.26. The van der Waals surface area contributed by atoms with Gasteiger partial charge >= 0.3 is 6.18 Å². The Bertz CT molecular complexity index is 1260. The number of aryl methyl sites for hydroxylation is 1. The van der Waals surface area contributed by atoms with Crippen LogP contribution in [0, 0.1) is 6.92 Å². The summed E-state index contributed by atoms with van der Waals surface area (Å²) in [6.07, 6.45) is 0.693. The second kappa shape index (κ2) is 12.5. The summed E-state index contributed by atoms with van der Waals surface area (Å²) >= 11 is 0. The van der Waals surface area contributed by atoms with Crippen LogP contribution in [0.4, 0.5) is 18.9 Å². The van der Waals surface area contributed by atoms with Crippen LogP contribution in [0.25, 0.3) is 11.1 Å². The third-order valence-electron chi connectivity index (χ3n) is 8.37. The molecule has 0 aromatic heterocycles. The van der Waals surface area contributed by atoms with Gasteiger partial charge in [0.15, 0.2) is 0 Å². The number of nitrogens with one attached hydrogen (secondary N) is 1. The zero-order chi connectivity index (χ0) is 28.1. The van der Waals surface area contributed by atoms with Gasteiger partial charge in [0.25, 0.3) is 0 Å². The van der Waals surface area contributed by atoms with Gasteiger partial charge in [0.1, 0.15) is 6.61 Å². The second-order valence-electron chi connectivity index (χ2n) is 11.1.